The summed E-state index contributed by atoms with van der Waals surface area (Å²) in [7, 11) is -3.10. The Hall–Kier alpha value is -1.96. The number of carbonyl (C=O) groups excluding carboxylic acids is 1. The predicted octanol–water partition coefficient (Wildman–Crippen LogP) is 0.815. The summed E-state index contributed by atoms with van der Waals surface area (Å²) in [6.45, 7) is 3.41. The number of hydrogen-bond acceptors (Lipinski definition) is 5. The van der Waals surface area contributed by atoms with Crippen LogP contribution in [0.1, 0.15) is 37.2 Å². The Morgan fingerprint density at radius 3 is 2.86 bits per heavy atom. The first-order valence-corrected chi connectivity index (χ1v) is 8.77. The second kappa shape index (κ2) is 5.05. The van der Waals surface area contributed by atoms with Crippen LogP contribution in [-0.4, -0.2) is 45.5 Å². The van der Waals surface area contributed by atoms with Crippen molar-refractivity contribution in [2.24, 2.45) is 0 Å². The lowest BCUT2D eigenvalue weighted by Gasteiger charge is -2.35. The highest BCUT2D eigenvalue weighted by atomic mass is 32.2. The lowest BCUT2D eigenvalue weighted by atomic mass is 10.00. The minimum absolute atomic E-state index is 0.0957. The highest BCUT2D eigenvalue weighted by Gasteiger charge is 2.41. The molecule has 2 aromatic rings. The minimum Gasteiger partial charge on any atom is -0.348 e. The van der Waals surface area contributed by atoms with Gasteiger partial charge in [0.25, 0.3) is 5.91 Å². The number of aromatic nitrogens is 3. The molecule has 0 aliphatic carbocycles. The molecule has 8 heteroatoms. The van der Waals surface area contributed by atoms with E-state index < -0.39 is 14.6 Å². The summed E-state index contributed by atoms with van der Waals surface area (Å²) in [6, 6.07) is 3.15. The van der Waals surface area contributed by atoms with Crippen LogP contribution >= 0.6 is 0 Å². The quantitative estimate of drug-likeness (QED) is 0.883. The number of fused-ring (bicyclic) bond motifs is 1. The molecule has 1 saturated heterocycles. The van der Waals surface area contributed by atoms with E-state index in [0.717, 1.165) is 0 Å². The molecule has 1 aliphatic rings. The Kier molecular flexibility index (Phi) is 3.43. The van der Waals surface area contributed by atoms with E-state index in [4.69, 9.17) is 0 Å². The summed E-state index contributed by atoms with van der Waals surface area (Å²) in [5, 5.41) is 7.00. The van der Waals surface area contributed by atoms with Crippen LogP contribution < -0.4 is 5.32 Å². The molecule has 22 heavy (non-hydrogen) atoms. The van der Waals surface area contributed by atoms with Crippen LogP contribution in [0.4, 0.5) is 0 Å². The molecule has 0 aromatic carbocycles. The Morgan fingerprint density at radius 1 is 1.36 bits per heavy atom. The van der Waals surface area contributed by atoms with Crippen LogP contribution in [0.15, 0.2) is 24.5 Å². The van der Waals surface area contributed by atoms with Crippen molar-refractivity contribution in [1.29, 1.82) is 0 Å². The summed E-state index contributed by atoms with van der Waals surface area (Å²) >= 11 is 0. The topological polar surface area (TPSA) is 93.4 Å². The van der Waals surface area contributed by atoms with Gasteiger partial charge >= 0.3 is 0 Å². The predicted molar refractivity (Wildman–Crippen MR) is 81.3 cm³/mol. The molecule has 3 rings (SSSR count). The fraction of sp³-hybridized carbons (Fsp3) is 0.500. The van der Waals surface area contributed by atoms with E-state index in [1.165, 1.54) is 4.52 Å². The number of nitrogens with one attached hydrogen (secondary N) is 1. The van der Waals surface area contributed by atoms with E-state index in [9.17, 15) is 13.2 Å². The zero-order valence-corrected chi connectivity index (χ0v) is 13.3. The second-order valence-corrected chi connectivity index (χ2v) is 8.92. The van der Waals surface area contributed by atoms with E-state index in [0.29, 0.717) is 24.2 Å². The van der Waals surface area contributed by atoms with Gasteiger partial charge in [-0.15, -0.1) is 0 Å². The van der Waals surface area contributed by atoms with Crippen molar-refractivity contribution in [3.05, 3.63) is 30.2 Å². The molecule has 0 spiro atoms. The summed E-state index contributed by atoms with van der Waals surface area (Å²) in [5.74, 6) is -0.172. The van der Waals surface area contributed by atoms with Gasteiger partial charge in [-0.3, -0.25) is 4.79 Å². The molecule has 1 unspecified atom stereocenters. The van der Waals surface area contributed by atoms with E-state index in [1.54, 1.807) is 38.4 Å². The highest BCUT2D eigenvalue weighted by molar-refractivity contribution is 7.92. The maximum Gasteiger partial charge on any atom is 0.270 e. The molecule has 2 aromatic heterocycles. The van der Waals surface area contributed by atoms with Crippen molar-refractivity contribution in [3.63, 3.8) is 0 Å². The molecule has 1 atom stereocenters. The standard InChI is InChI=1S/C14H18N4O3S/c1-14(2)9-10(5-8-22(14,20)21)17-13(19)11-3-6-15-12-4-7-16-18(11)12/h3-4,6-7,10H,5,8-9H2,1-2H3,(H,17,19). The lowest BCUT2D eigenvalue weighted by Crippen LogP contribution is -2.49. The van der Waals surface area contributed by atoms with Gasteiger partial charge in [0.2, 0.25) is 0 Å². The number of carbonyl (C=O) groups is 1. The van der Waals surface area contributed by atoms with Gasteiger partial charge in [-0.2, -0.15) is 5.10 Å². The fourth-order valence-electron chi connectivity index (χ4n) is 2.79. The van der Waals surface area contributed by atoms with Gasteiger partial charge in [0.15, 0.2) is 15.5 Å². The van der Waals surface area contributed by atoms with E-state index in [-0.39, 0.29) is 17.7 Å². The smallest absolute Gasteiger partial charge is 0.270 e. The maximum atomic E-state index is 12.4. The highest BCUT2D eigenvalue weighted by Crippen LogP contribution is 2.30. The number of rotatable bonds is 2. The first-order valence-electron chi connectivity index (χ1n) is 7.12. The lowest BCUT2D eigenvalue weighted by molar-refractivity contribution is 0.0923. The van der Waals surface area contributed by atoms with Gasteiger partial charge in [0.05, 0.1) is 16.7 Å². The molecule has 118 valence electrons. The molecular weight excluding hydrogens is 304 g/mol. The number of sulfone groups is 1. The normalized spacial score (nSPS) is 23.3. The number of amides is 1. The zero-order valence-electron chi connectivity index (χ0n) is 12.5. The van der Waals surface area contributed by atoms with Gasteiger partial charge in [-0.25, -0.2) is 17.9 Å². The van der Waals surface area contributed by atoms with Gasteiger partial charge in [-0.1, -0.05) is 0 Å². The van der Waals surface area contributed by atoms with E-state index in [2.05, 4.69) is 15.4 Å². The Morgan fingerprint density at radius 2 is 2.14 bits per heavy atom. The van der Waals surface area contributed by atoms with Crippen LogP contribution in [0.25, 0.3) is 5.65 Å². The monoisotopic (exact) mass is 322 g/mol. The van der Waals surface area contributed by atoms with Crippen LogP contribution in [0.3, 0.4) is 0 Å². The van der Waals surface area contributed by atoms with Crippen molar-refractivity contribution < 1.29 is 13.2 Å². The summed E-state index contributed by atoms with van der Waals surface area (Å²) in [4.78, 5) is 16.6. The average molecular weight is 322 g/mol. The first kappa shape index (κ1) is 15.0. The Labute approximate surface area is 128 Å². The van der Waals surface area contributed by atoms with E-state index >= 15 is 0 Å². The molecular formula is C14H18N4O3S. The summed E-state index contributed by atoms with van der Waals surface area (Å²) < 4.78 is 24.7. The van der Waals surface area contributed by atoms with Crippen LogP contribution in [-0.2, 0) is 9.84 Å². The fourth-order valence-corrected chi connectivity index (χ4v) is 4.39. The maximum absolute atomic E-state index is 12.4. The Balaban J connectivity index is 1.80. The number of hydrogen-bond donors (Lipinski definition) is 1. The molecule has 1 N–H and O–H groups in total. The minimum atomic E-state index is -3.10. The second-order valence-electron chi connectivity index (χ2n) is 6.17. The van der Waals surface area contributed by atoms with Crippen molar-refractivity contribution in [1.82, 2.24) is 19.9 Å². The third-order valence-electron chi connectivity index (χ3n) is 4.17. The molecule has 1 fully saturated rings. The molecule has 0 radical (unpaired) electrons. The molecule has 1 amide bonds. The number of nitrogens with zero attached hydrogens (tertiary/aromatic N) is 3. The van der Waals surface area contributed by atoms with Gasteiger partial charge < -0.3 is 5.32 Å². The molecule has 0 bridgehead atoms. The Bertz CT molecular complexity index is 825. The van der Waals surface area contributed by atoms with Gasteiger partial charge in [0, 0.05) is 18.3 Å². The van der Waals surface area contributed by atoms with Crippen LogP contribution in [0.2, 0.25) is 0 Å². The summed E-state index contributed by atoms with van der Waals surface area (Å²) in [6.07, 6.45) is 3.98. The van der Waals surface area contributed by atoms with Crippen molar-refractivity contribution in [3.8, 4) is 0 Å². The van der Waals surface area contributed by atoms with Gasteiger partial charge in [0.1, 0.15) is 5.69 Å². The van der Waals surface area contributed by atoms with E-state index in [1.807, 2.05) is 0 Å². The molecule has 7 nitrogen and oxygen atoms in total. The van der Waals surface area contributed by atoms with Crippen LogP contribution in [0, 0.1) is 0 Å². The zero-order chi connectivity index (χ0) is 16.0. The third-order valence-corrected chi connectivity index (χ3v) is 6.80. The average Bonchev–Trinajstić information content (AvgIpc) is 2.91. The van der Waals surface area contributed by atoms with Crippen molar-refractivity contribution in [2.45, 2.75) is 37.5 Å². The van der Waals surface area contributed by atoms with Crippen molar-refractivity contribution in [2.75, 3.05) is 5.75 Å². The van der Waals surface area contributed by atoms with Gasteiger partial charge in [-0.05, 0) is 32.8 Å². The SMILES string of the molecule is CC1(C)CC(NC(=O)c2ccnc3ccnn23)CCS1(=O)=O. The largest absolute Gasteiger partial charge is 0.348 e. The first-order chi connectivity index (χ1) is 10.3. The third kappa shape index (κ3) is 2.47. The molecule has 1 aliphatic heterocycles. The van der Waals surface area contributed by atoms with Crippen LogP contribution in [0.5, 0.6) is 0 Å². The van der Waals surface area contributed by atoms with Crippen molar-refractivity contribution >= 4 is 21.4 Å². The molecule has 3 heterocycles. The summed E-state index contributed by atoms with van der Waals surface area (Å²) in [5.41, 5.74) is 0.987. The molecule has 0 saturated carbocycles.